The number of hydrogen-bond donors (Lipinski definition) is 0. The summed E-state index contributed by atoms with van der Waals surface area (Å²) in [6.07, 6.45) is 3.44. The fraction of sp³-hybridized carbons (Fsp3) is 0.458. The van der Waals surface area contributed by atoms with Crippen LogP contribution in [-0.2, 0) is 26.2 Å². The lowest BCUT2D eigenvalue weighted by molar-refractivity contribution is -0.149. The SMILES string of the molecule is CCOC(=O)C(Cc1ccccn1)CN1CCC2(CC1)C(=O)N(C)c1ccc(F)cc12. The van der Waals surface area contributed by atoms with E-state index in [1.807, 2.05) is 18.2 Å². The van der Waals surface area contributed by atoms with Crippen molar-refractivity contribution in [3.05, 3.63) is 59.7 Å². The van der Waals surface area contributed by atoms with Crippen molar-refractivity contribution >= 4 is 17.6 Å². The summed E-state index contributed by atoms with van der Waals surface area (Å²) in [6, 6.07) is 10.3. The molecule has 1 saturated heterocycles. The Morgan fingerprint density at radius 3 is 2.71 bits per heavy atom. The number of likely N-dealkylation sites (N-methyl/N-ethyl adjacent to an activating group) is 1. The van der Waals surface area contributed by atoms with Gasteiger partial charge in [0.15, 0.2) is 0 Å². The van der Waals surface area contributed by atoms with E-state index in [-0.39, 0.29) is 23.6 Å². The summed E-state index contributed by atoms with van der Waals surface area (Å²) < 4.78 is 19.3. The number of nitrogens with zero attached hydrogens (tertiary/aromatic N) is 3. The Balaban J connectivity index is 1.48. The number of likely N-dealkylation sites (tertiary alicyclic amines) is 1. The fourth-order valence-electron chi connectivity index (χ4n) is 4.90. The molecule has 2 aliphatic rings. The average molecular weight is 426 g/mol. The van der Waals surface area contributed by atoms with E-state index in [0.29, 0.717) is 45.5 Å². The van der Waals surface area contributed by atoms with Crippen LogP contribution in [0.4, 0.5) is 10.1 Å². The summed E-state index contributed by atoms with van der Waals surface area (Å²) in [5.74, 6) is -0.835. The topological polar surface area (TPSA) is 62.7 Å². The Hall–Kier alpha value is -2.80. The number of piperidine rings is 1. The van der Waals surface area contributed by atoms with Crippen LogP contribution in [-0.4, -0.2) is 55.0 Å². The number of ether oxygens (including phenoxy) is 1. The molecule has 31 heavy (non-hydrogen) atoms. The largest absolute Gasteiger partial charge is 0.466 e. The minimum Gasteiger partial charge on any atom is -0.466 e. The van der Waals surface area contributed by atoms with Crippen LogP contribution in [0.15, 0.2) is 42.6 Å². The predicted molar refractivity (Wildman–Crippen MR) is 115 cm³/mol. The highest BCUT2D eigenvalue weighted by Crippen LogP contribution is 2.47. The number of carbonyl (C=O) groups is 2. The number of rotatable bonds is 6. The van der Waals surface area contributed by atoms with Crippen molar-refractivity contribution in [2.24, 2.45) is 5.92 Å². The molecule has 0 radical (unpaired) electrons. The molecular weight excluding hydrogens is 397 g/mol. The van der Waals surface area contributed by atoms with Crippen LogP contribution < -0.4 is 4.90 Å². The first-order valence-corrected chi connectivity index (χ1v) is 10.8. The zero-order valence-electron chi connectivity index (χ0n) is 18.0. The zero-order chi connectivity index (χ0) is 22.0. The number of amides is 1. The van der Waals surface area contributed by atoms with Gasteiger partial charge in [-0.3, -0.25) is 14.6 Å². The smallest absolute Gasteiger partial charge is 0.310 e. The third-order valence-corrected chi connectivity index (χ3v) is 6.54. The summed E-state index contributed by atoms with van der Waals surface area (Å²) in [6.45, 7) is 4.01. The van der Waals surface area contributed by atoms with Crippen LogP contribution in [0.5, 0.6) is 0 Å². The van der Waals surface area contributed by atoms with E-state index in [2.05, 4.69) is 9.88 Å². The lowest BCUT2D eigenvalue weighted by atomic mass is 9.73. The molecule has 1 spiro atoms. The van der Waals surface area contributed by atoms with Crippen LogP contribution in [0.1, 0.15) is 31.0 Å². The molecule has 1 aromatic carbocycles. The Kier molecular flexibility index (Phi) is 6.05. The average Bonchev–Trinajstić information content (AvgIpc) is 2.97. The standard InChI is InChI=1S/C24H28FN3O3/c1-3-31-22(29)17(14-19-6-4-5-11-26-19)16-28-12-9-24(10-13-28)20-15-18(25)7-8-21(20)27(2)23(24)30/h4-8,11,15,17H,3,9-10,12-14,16H2,1-2H3. The van der Waals surface area contributed by atoms with Crippen molar-refractivity contribution in [3.63, 3.8) is 0 Å². The molecule has 3 heterocycles. The van der Waals surface area contributed by atoms with Gasteiger partial charge in [0.05, 0.1) is 17.9 Å². The molecule has 1 amide bonds. The molecule has 164 valence electrons. The minimum absolute atomic E-state index is 0.0307. The van der Waals surface area contributed by atoms with Crippen LogP contribution >= 0.6 is 0 Å². The molecule has 0 N–H and O–H groups in total. The molecule has 0 bridgehead atoms. The number of aromatic nitrogens is 1. The summed E-state index contributed by atoms with van der Waals surface area (Å²) in [4.78, 5) is 33.9. The third-order valence-electron chi connectivity index (χ3n) is 6.54. The quantitative estimate of drug-likeness (QED) is 0.666. The van der Waals surface area contributed by atoms with E-state index in [1.54, 1.807) is 31.1 Å². The van der Waals surface area contributed by atoms with Crippen LogP contribution in [0.2, 0.25) is 0 Å². The molecular formula is C24H28FN3O3. The van der Waals surface area contributed by atoms with Gasteiger partial charge < -0.3 is 14.5 Å². The Bertz CT molecular complexity index is 958. The number of pyridine rings is 1. The Morgan fingerprint density at radius 2 is 2.03 bits per heavy atom. The molecule has 7 heteroatoms. The van der Waals surface area contributed by atoms with Gasteiger partial charge in [-0.05, 0) is 68.8 Å². The van der Waals surface area contributed by atoms with Crippen molar-refractivity contribution < 1.29 is 18.7 Å². The van der Waals surface area contributed by atoms with Gasteiger partial charge in [-0.1, -0.05) is 6.07 Å². The summed E-state index contributed by atoms with van der Waals surface area (Å²) in [5, 5.41) is 0. The molecule has 0 aliphatic carbocycles. The first kappa shape index (κ1) is 21.4. The molecule has 1 atom stereocenters. The maximum Gasteiger partial charge on any atom is 0.310 e. The fourth-order valence-corrected chi connectivity index (χ4v) is 4.90. The van der Waals surface area contributed by atoms with Crippen LogP contribution in [0.3, 0.4) is 0 Å². The monoisotopic (exact) mass is 425 g/mol. The predicted octanol–water partition coefficient (Wildman–Crippen LogP) is 2.95. The summed E-state index contributed by atoms with van der Waals surface area (Å²) in [5.41, 5.74) is 1.75. The minimum atomic E-state index is -0.677. The molecule has 2 aromatic rings. The van der Waals surface area contributed by atoms with Gasteiger partial charge in [-0.25, -0.2) is 4.39 Å². The number of halogens is 1. The highest BCUT2D eigenvalue weighted by molar-refractivity contribution is 6.07. The van der Waals surface area contributed by atoms with E-state index in [0.717, 1.165) is 16.9 Å². The van der Waals surface area contributed by atoms with E-state index in [4.69, 9.17) is 4.74 Å². The first-order chi connectivity index (χ1) is 14.9. The highest BCUT2D eigenvalue weighted by Gasteiger charge is 2.51. The van der Waals surface area contributed by atoms with Crippen molar-refractivity contribution in [2.45, 2.75) is 31.6 Å². The van der Waals surface area contributed by atoms with Crippen molar-refractivity contribution in [3.8, 4) is 0 Å². The van der Waals surface area contributed by atoms with Gasteiger partial charge in [-0.15, -0.1) is 0 Å². The van der Waals surface area contributed by atoms with Gasteiger partial charge in [0, 0.05) is 37.6 Å². The normalized spacial score (nSPS) is 18.8. The first-order valence-electron chi connectivity index (χ1n) is 10.8. The Labute approximate surface area is 182 Å². The van der Waals surface area contributed by atoms with Gasteiger partial charge >= 0.3 is 5.97 Å². The lowest BCUT2D eigenvalue weighted by Crippen LogP contribution is -2.49. The molecule has 4 rings (SSSR count). The molecule has 1 fully saturated rings. The molecule has 1 aromatic heterocycles. The lowest BCUT2D eigenvalue weighted by Gasteiger charge is -2.39. The van der Waals surface area contributed by atoms with Crippen molar-refractivity contribution in [1.82, 2.24) is 9.88 Å². The second kappa shape index (κ2) is 8.75. The second-order valence-corrected chi connectivity index (χ2v) is 8.38. The van der Waals surface area contributed by atoms with Gasteiger partial charge in [-0.2, -0.15) is 0 Å². The van der Waals surface area contributed by atoms with Crippen molar-refractivity contribution in [2.75, 3.05) is 38.2 Å². The number of esters is 1. The second-order valence-electron chi connectivity index (χ2n) is 8.38. The van der Waals surface area contributed by atoms with Gasteiger partial charge in [0.2, 0.25) is 5.91 Å². The number of benzene rings is 1. The van der Waals surface area contributed by atoms with E-state index >= 15 is 0 Å². The maximum absolute atomic E-state index is 14.0. The molecule has 0 saturated carbocycles. The number of anilines is 1. The molecule has 6 nitrogen and oxygen atoms in total. The number of fused-ring (bicyclic) bond motifs is 2. The van der Waals surface area contributed by atoms with Crippen molar-refractivity contribution in [1.29, 1.82) is 0 Å². The van der Waals surface area contributed by atoms with E-state index in [1.165, 1.54) is 12.1 Å². The van der Waals surface area contributed by atoms with Gasteiger partial charge in [0.25, 0.3) is 0 Å². The number of hydrogen-bond acceptors (Lipinski definition) is 5. The highest BCUT2D eigenvalue weighted by atomic mass is 19.1. The van der Waals surface area contributed by atoms with Crippen LogP contribution in [0.25, 0.3) is 0 Å². The number of carbonyl (C=O) groups excluding carboxylic acids is 2. The maximum atomic E-state index is 14.0. The summed E-state index contributed by atoms with van der Waals surface area (Å²) in [7, 11) is 1.75. The van der Waals surface area contributed by atoms with E-state index < -0.39 is 5.41 Å². The van der Waals surface area contributed by atoms with Crippen LogP contribution in [0, 0.1) is 11.7 Å². The Morgan fingerprint density at radius 1 is 1.26 bits per heavy atom. The zero-order valence-corrected chi connectivity index (χ0v) is 18.0. The third kappa shape index (κ3) is 4.06. The molecule has 1 unspecified atom stereocenters. The van der Waals surface area contributed by atoms with E-state index in [9.17, 15) is 14.0 Å². The summed E-state index contributed by atoms with van der Waals surface area (Å²) >= 11 is 0. The van der Waals surface area contributed by atoms with Gasteiger partial charge in [0.1, 0.15) is 5.82 Å². The molecule has 2 aliphatic heterocycles.